The Kier molecular flexibility index (Phi) is 3.33. The van der Waals surface area contributed by atoms with Crippen LogP contribution in [0.4, 0.5) is 10.1 Å². The van der Waals surface area contributed by atoms with Crippen molar-refractivity contribution in [3.8, 4) is 0 Å². The van der Waals surface area contributed by atoms with Gasteiger partial charge in [-0.2, -0.15) is 0 Å². The van der Waals surface area contributed by atoms with Gasteiger partial charge in [0.1, 0.15) is 5.82 Å². The molecule has 1 aliphatic heterocycles. The Morgan fingerprint density at radius 1 is 1.56 bits per heavy atom. The summed E-state index contributed by atoms with van der Waals surface area (Å²) >= 11 is 1.61. The van der Waals surface area contributed by atoms with E-state index in [0.717, 1.165) is 10.6 Å². The van der Waals surface area contributed by atoms with E-state index >= 15 is 0 Å². The van der Waals surface area contributed by atoms with Crippen LogP contribution in [-0.2, 0) is 4.79 Å². The van der Waals surface area contributed by atoms with Crippen LogP contribution in [0, 0.1) is 5.82 Å². The van der Waals surface area contributed by atoms with Crippen LogP contribution >= 0.6 is 11.8 Å². The maximum Gasteiger partial charge on any atom is 0.305 e. The fourth-order valence-electron chi connectivity index (χ4n) is 1.75. The Labute approximate surface area is 97.3 Å². The monoisotopic (exact) mass is 241 g/mol. The summed E-state index contributed by atoms with van der Waals surface area (Å²) in [6.07, 6.45) is 0.0401. The minimum Gasteiger partial charge on any atom is -0.481 e. The number of halogens is 1. The summed E-state index contributed by atoms with van der Waals surface area (Å²) in [7, 11) is 0. The number of carboxylic acid groups (broad SMARTS) is 1. The summed E-state index contributed by atoms with van der Waals surface area (Å²) in [6, 6.07) is 4.97. The normalized spacial score (nSPS) is 14.7. The van der Waals surface area contributed by atoms with Crippen molar-refractivity contribution < 1.29 is 14.3 Å². The second kappa shape index (κ2) is 4.74. The molecule has 0 bridgehead atoms. The van der Waals surface area contributed by atoms with Crippen molar-refractivity contribution in [3.05, 3.63) is 24.0 Å². The van der Waals surface area contributed by atoms with Crippen molar-refractivity contribution in [1.82, 2.24) is 0 Å². The lowest BCUT2D eigenvalue weighted by Gasteiger charge is -2.30. The number of para-hydroxylation sites is 1. The molecule has 1 heterocycles. The lowest BCUT2D eigenvalue weighted by Crippen LogP contribution is -2.32. The van der Waals surface area contributed by atoms with E-state index in [1.165, 1.54) is 6.07 Å². The summed E-state index contributed by atoms with van der Waals surface area (Å²) in [5.41, 5.74) is 0.556. The van der Waals surface area contributed by atoms with E-state index in [2.05, 4.69) is 0 Å². The predicted octanol–water partition coefficient (Wildman–Crippen LogP) is 2.21. The second-order valence-corrected chi connectivity index (χ2v) is 4.70. The van der Waals surface area contributed by atoms with Crippen LogP contribution in [0.25, 0.3) is 0 Å². The molecule has 1 aliphatic rings. The van der Waals surface area contributed by atoms with Crippen LogP contribution in [0.1, 0.15) is 6.42 Å². The standard InChI is InChI=1S/C11H12FNO2S/c12-8-2-1-3-9-11(8)13(6-7-16-9)5-4-10(14)15/h1-3H,4-7H2,(H,14,15). The largest absolute Gasteiger partial charge is 0.481 e. The predicted molar refractivity (Wildman–Crippen MR) is 61.6 cm³/mol. The van der Waals surface area contributed by atoms with Gasteiger partial charge in [0.05, 0.1) is 12.1 Å². The second-order valence-electron chi connectivity index (χ2n) is 3.57. The molecule has 1 aromatic rings. The van der Waals surface area contributed by atoms with Crippen molar-refractivity contribution in [3.63, 3.8) is 0 Å². The third-order valence-electron chi connectivity index (χ3n) is 2.48. The molecule has 0 saturated carbocycles. The molecule has 0 fully saturated rings. The average Bonchev–Trinajstić information content (AvgIpc) is 2.26. The van der Waals surface area contributed by atoms with Crippen LogP contribution in [0.3, 0.4) is 0 Å². The molecule has 0 amide bonds. The Morgan fingerprint density at radius 2 is 2.38 bits per heavy atom. The summed E-state index contributed by atoms with van der Waals surface area (Å²) in [4.78, 5) is 13.2. The minimum absolute atomic E-state index is 0.0401. The van der Waals surface area contributed by atoms with Gasteiger partial charge in [-0.3, -0.25) is 4.79 Å². The van der Waals surface area contributed by atoms with Crippen LogP contribution in [0.5, 0.6) is 0 Å². The molecule has 0 aliphatic carbocycles. The maximum atomic E-state index is 13.6. The molecule has 16 heavy (non-hydrogen) atoms. The van der Waals surface area contributed by atoms with Crippen LogP contribution in [0.2, 0.25) is 0 Å². The van der Waals surface area contributed by atoms with Gasteiger partial charge in [-0.05, 0) is 12.1 Å². The summed E-state index contributed by atoms with van der Waals surface area (Å²) in [6.45, 7) is 1.07. The number of fused-ring (bicyclic) bond motifs is 1. The van der Waals surface area contributed by atoms with E-state index in [4.69, 9.17) is 5.11 Å². The first-order valence-corrected chi connectivity index (χ1v) is 6.05. The molecule has 0 aromatic heterocycles. The van der Waals surface area contributed by atoms with Gasteiger partial charge in [0.2, 0.25) is 0 Å². The van der Waals surface area contributed by atoms with Crippen molar-refractivity contribution >= 4 is 23.4 Å². The van der Waals surface area contributed by atoms with Crippen molar-refractivity contribution in [2.75, 3.05) is 23.7 Å². The minimum atomic E-state index is -0.851. The number of aliphatic carboxylic acids is 1. The molecule has 1 N–H and O–H groups in total. The van der Waals surface area contributed by atoms with Gasteiger partial charge < -0.3 is 10.0 Å². The van der Waals surface area contributed by atoms with E-state index in [1.54, 1.807) is 17.8 Å². The van der Waals surface area contributed by atoms with Gasteiger partial charge in [0.15, 0.2) is 0 Å². The Bertz CT molecular complexity index is 411. The smallest absolute Gasteiger partial charge is 0.305 e. The van der Waals surface area contributed by atoms with E-state index in [1.807, 2.05) is 11.0 Å². The van der Waals surface area contributed by atoms with Crippen LogP contribution in [-0.4, -0.2) is 29.9 Å². The van der Waals surface area contributed by atoms with Crippen molar-refractivity contribution in [2.24, 2.45) is 0 Å². The third kappa shape index (κ3) is 2.29. The zero-order valence-corrected chi connectivity index (χ0v) is 9.47. The number of benzene rings is 1. The molecule has 0 atom stereocenters. The lowest BCUT2D eigenvalue weighted by atomic mass is 10.2. The number of rotatable bonds is 3. The van der Waals surface area contributed by atoms with Crippen LogP contribution < -0.4 is 4.90 Å². The van der Waals surface area contributed by atoms with Gasteiger partial charge >= 0.3 is 5.97 Å². The number of carbonyl (C=O) groups is 1. The maximum absolute atomic E-state index is 13.6. The third-order valence-corrected chi connectivity index (χ3v) is 3.51. The highest BCUT2D eigenvalue weighted by Gasteiger charge is 2.21. The van der Waals surface area contributed by atoms with Gasteiger partial charge in [-0.1, -0.05) is 6.07 Å². The zero-order valence-electron chi connectivity index (χ0n) is 8.65. The molecule has 3 nitrogen and oxygen atoms in total. The van der Waals surface area contributed by atoms with Gasteiger partial charge in [-0.15, -0.1) is 11.8 Å². The molecular formula is C11H12FNO2S. The van der Waals surface area contributed by atoms with Gasteiger partial charge in [0, 0.05) is 23.7 Å². The molecule has 86 valence electrons. The molecule has 1 aromatic carbocycles. The first-order valence-electron chi connectivity index (χ1n) is 5.06. The number of thioether (sulfide) groups is 1. The fourth-order valence-corrected chi connectivity index (χ4v) is 2.82. The molecule has 0 spiro atoms. The number of nitrogens with zero attached hydrogens (tertiary/aromatic N) is 1. The Balaban J connectivity index is 2.21. The van der Waals surface area contributed by atoms with Gasteiger partial charge in [0.25, 0.3) is 0 Å². The molecular weight excluding hydrogens is 229 g/mol. The summed E-state index contributed by atoms with van der Waals surface area (Å²) in [5.74, 6) is -0.248. The highest BCUT2D eigenvalue weighted by Crippen LogP contribution is 2.36. The molecule has 0 radical (unpaired) electrons. The SMILES string of the molecule is O=C(O)CCN1CCSc2cccc(F)c21. The molecule has 2 rings (SSSR count). The number of carboxylic acids is 1. The highest BCUT2D eigenvalue weighted by molar-refractivity contribution is 7.99. The molecule has 0 saturated heterocycles. The number of anilines is 1. The highest BCUT2D eigenvalue weighted by atomic mass is 32.2. The van der Waals surface area contributed by atoms with E-state index in [-0.39, 0.29) is 12.2 Å². The first kappa shape index (κ1) is 11.3. The Morgan fingerprint density at radius 3 is 3.12 bits per heavy atom. The zero-order chi connectivity index (χ0) is 11.5. The number of hydrogen-bond acceptors (Lipinski definition) is 3. The van der Waals surface area contributed by atoms with Crippen molar-refractivity contribution in [2.45, 2.75) is 11.3 Å². The number of hydrogen-bond donors (Lipinski definition) is 1. The summed E-state index contributed by atoms with van der Waals surface area (Å²) in [5, 5.41) is 8.64. The van der Waals surface area contributed by atoms with Gasteiger partial charge in [-0.25, -0.2) is 4.39 Å². The average molecular weight is 241 g/mol. The first-order chi connectivity index (χ1) is 7.68. The molecule has 0 unspecified atom stereocenters. The fraction of sp³-hybridized carbons (Fsp3) is 0.364. The lowest BCUT2D eigenvalue weighted by molar-refractivity contribution is -0.136. The van der Waals surface area contributed by atoms with Crippen molar-refractivity contribution in [1.29, 1.82) is 0 Å². The topological polar surface area (TPSA) is 40.5 Å². The quantitative estimate of drug-likeness (QED) is 0.880. The van der Waals surface area contributed by atoms with E-state index in [9.17, 15) is 9.18 Å². The molecule has 5 heteroatoms. The van der Waals surface area contributed by atoms with E-state index in [0.29, 0.717) is 18.8 Å². The summed E-state index contributed by atoms with van der Waals surface area (Å²) < 4.78 is 13.6. The van der Waals surface area contributed by atoms with Crippen LogP contribution in [0.15, 0.2) is 23.1 Å². The Hall–Kier alpha value is -1.23. The van der Waals surface area contributed by atoms with E-state index < -0.39 is 5.97 Å².